The molecule has 2 fully saturated rings. The van der Waals surface area contributed by atoms with E-state index in [1.165, 1.54) is 19.1 Å². The topological polar surface area (TPSA) is 320 Å². The third-order valence-corrected chi connectivity index (χ3v) is 8.73. The van der Waals surface area contributed by atoms with Crippen LogP contribution in [0, 0.1) is 0 Å². The van der Waals surface area contributed by atoms with Gasteiger partial charge in [0.1, 0.15) is 47.6 Å². The summed E-state index contributed by atoms with van der Waals surface area (Å²) in [5, 5.41) is 113. The Morgan fingerprint density at radius 2 is 1.43 bits per heavy atom. The molecule has 3 heterocycles. The molecule has 4 aliphatic rings. The Balaban J connectivity index is 1.38. The number of hydrogen-bond donors (Lipinski definition) is 11. The SMILES string of the molecule is C[C@H]1O[C@H](OC[C@H]2O[C@@H](Oc3cc4c(O)cc(=O)cc-4oc3-c3ccc(O)c(O)c3)[C@H](OC(=[OH+])c3cc(O)c(O)c(O)c3)[C@@H](O)[C@H]2O)[C@@H](O)[C@@H](O)[C@H]1O. The predicted octanol–water partition coefficient (Wildman–Crippen LogP) is -0.749. The molecular weight excluding hydrogens is 712 g/mol. The molecule has 0 unspecified atom stereocenters. The van der Waals surface area contributed by atoms with Gasteiger partial charge in [-0.05, 0) is 31.2 Å². The first-order valence-corrected chi connectivity index (χ1v) is 15.8. The molecule has 3 aliphatic heterocycles. The number of fused-ring (bicyclic) bond motifs is 1. The van der Waals surface area contributed by atoms with Crippen LogP contribution in [0.25, 0.3) is 22.6 Å². The van der Waals surface area contributed by atoms with E-state index < -0.39 is 119 Å². The van der Waals surface area contributed by atoms with Crippen molar-refractivity contribution in [1.29, 1.82) is 0 Å². The third kappa shape index (κ3) is 7.32. The molecule has 19 heteroatoms. The number of aliphatic hydroxyl groups excluding tert-OH is 5. The zero-order valence-electron chi connectivity index (χ0n) is 27.3. The Hall–Kier alpha value is -5.38. The number of aliphatic hydroxyl groups is 5. The molecule has 2 aromatic rings. The fraction of sp³-hybridized carbons (Fsp3) is 0.353. The van der Waals surface area contributed by atoms with Crippen LogP contribution in [-0.4, -0.2) is 135 Å². The average molecular weight is 748 g/mol. The highest BCUT2D eigenvalue weighted by Crippen LogP contribution is 2.43. The van der Waals surface area contributed by atoms with Gasteiger partial charge < -0.3 is 89.1 Å². The molecule has 284 valence electrons. The van der Waals surface area contributed by atoms with Gasteiger partial charge in [-0.15, -0.1) is 0 Å². The van der Waals surface area contributed by atoms with Gasteiger partial charge in [-0.3, -0.25) is 4.79 Å². The van der Waals surface area contributed by atoms with E-state index in [1.54, 1.807) is 0 Å². The summed E-state index contributed by atoms with van der Waals surface area (Å²) in [5.74, 6) is -6.04. The Kier molecular flexibility index (Phi) is 10.3. The summed E-state index contributed by atoms with van der Waals surface area (Å²) in [5.41, 5.74) is -1.06. The molecule has 0 bridgehead atoms. The van der Waals surface area contributed by atoms with E-state index in [9.17, 15) is 65.8 Å². The number of hydrogen-bond acceptors (Lipinski definition) is 18. The quantitative estimate of drug-likeness (QED) is 0.0600. The summed E-state index contributed by atoms with van der Waals surface area (Å²) in [6, 6.07) is 8.21. The van der Waals surface area contributed by atoms with Gasteiger partial charge in [0.2, 0.25) is 0 Å². The number of rotatable bonds is 8. The number of esters is 1. The minimum atomic E-state index is -2.03. The van der Waals surface area contributed by atoms with Crippen molar-refractivity contribution in [2.75, 3.05) is 6.61 Å². The Morgan fingerprint density at radius 1 is 0.736 bits per heavy atom. The standard InChI is InChI=1S/C34H34O19/c1-11-24(41)27(44)29(46)33(49-11)48-10-23-26(43)28(45)31(53-32(47)13-5-19(39)25(42)20(40)6-13)34(52-23)51-22-9-15-17(37)7-14(35)8-21(15)50-30(22)12-2-3-16(36)18(38)4-12/h2-9,11,23-24,26-29,31,33-34,36-46H,10H2,1H3/p+1/t11-,23-,24+,26+,27+,28+,29+,31-,33+,34-/m1/s1. The number of carbonyl (C=O) groups excluding carboxylic acids is 1. The molecule has 12 N–H and O–H groups in total. The maximum atomic E-state index is 12.2. The van der Waals surface area contributed by atoms with Crippen LogP contribution in [0.3, 0.4) is 0 Å². The molecule has 19 nitrogen and oxygen atoms in total. The largest absolute Gasteiger partial charge is 0.518 e. The first-order valence-electron chi connectivity index (χ1n) is 15.8. The highest BCUT2D eigenvalue weighted by molar-refractivity contribution is 5.92. The molecular formula is C34H35O19+. The van der Waals surface area contributed by atoms with Crippen molar-refractivity contribution in [2.45, 2.75) is 68.3 Å². The van der Waals surface area contributed by atoms with Gasteiger partial charge in [0.15, 0.2) is 58.1 Å². The number of phenolic OH excluding ortho intramolecular Hbond substituents is 6. The molecule has 53 heavy (non-hydrogen) atoms. The molecule has 2 aromatic carbocycles. The summed E-state index contributed by atoms with van der Waals surface area (Å²) < 4.78 is 34.5. The van der Waals surface area contributed by atoms with E-state index in [-0.39, 0.29) is 28.4 Å². The Labute approximate surface area is 297 Å². The zero-order valence-corrected chi connectivity index (χ0v) is 27.3. The van der Waals surface area contributed by atoms with Crippen LogP contribution in [0.1, 0.15) is 12.5 Å². The molecule has 2 saturated heterocycles. The van der Waals surface area contributed by atoms with Crippen molar-refractivity contribution in [2.24, 2.45) is 0 Å². The normalized spacial score (nSPS) is 28.8. The Morgan fingerprint density at radius 3 is 2.11 bits per heavy atom. The first kappa shape index (κ1) is 37.4. The van der Waals surface area contributed by atoms with Crippen molar-refractivity contribution >= 4 is 5.97 Å². The smallest absolute Gasteiger partial charge is 0.507 e. The lowest BCUT2D eigenvalue weighted by atomic mass is 9.98. The van der Waals surface area contributed by atoms with Gasteiger partial charge >= 0.3 is 5.97 Å². The summed E-state index contributed by atoms with van der Waals surface area (Å²) in [6.07, 6.45) is -16.7. The second-order valence-corrected chi connectivity index (χ2v) is 12.4. The molecule has 6 rings (SSSR count). The van der Waals surface area contributed by atoms with Crippen LogP contribution < -0.4 is 10.2 Å². The number of aromatic hydroxyl groups is 6. The van der Waals surface area contributed by atoms with E-state index in [4.69, 9.17) is 28.1 Å². The van der Waals surface area contributed by atoms with Crippen LogP contribution in [0.4, 0.5) is 0 Å². The van der Waals surface area contributed by atoms with Gasteiger partial charge in [-0.1, -0.05) is 0 Å². The second kappa shape index (κ2) is 14.6. The minimum Gasteiger partial charge on any atom is -0.507 e. The minimum absolute atomic E-state index is 0.0458. The van der Waals surface area contributed by atoms with Crippen LogP contribution in [0.5, 0.6) is 40.2 Å². The molecule has 0 saturated carbocycles. The van der Waals surface area contributed by atoms with Crippen molar-refractivity contribution < 1.29 is 89.1 Å². The summed E-state index contributed by atoms with van der Waals surface area (Å²) in [4.78, 5) is 23.1. The summed E-state index contributed by atoms with van der Waals surface area (Å²) in [7, 11) is 0. The molecule has 10 atom stereocenters. The molecule has 0 spiro atoms. The van der Waals surface area contributed by atoms with E-state index in [2.05, 4.69) is 0 Å². The fourth-order valence-corrected chi connectivity index (χ4v) is 5.78. The monoisotopic (exact) mass is 747 g/mol. The average Bonchev–Trinajstić information content (AvgIpc) is 3.11. The van der Waals surface area contributed by atoms with Crippen molar-refractivity contribution in [3.05, 3.63) is 64.3 Å². The molecule has 0 aromatic heterocycles. The number of benzene rings is 3. The highest BCUT2D eigenvalue weighted by Gasteiger charge is 2.53. The third-order valence-electron chi connectivity index (χ3n) is 8.73. The summed E-state index contributed by atoms with van der Waals surface area (Å²) in [6.45, 7) is 0.745. The summed E-state index contributed by atoms with van der Waals surface area (Å²) >= 11 is 0. The van der Waals surface area contributed by atoms with E-state index >= 15 is 0 Å². The number of ether oxygens (including phenoxy) is 5. The maximum Gasteiger partial charge on any atom is 0.518 e. The van der Waals surface area contributed by atoms with Crippen molar-refractivity contribution in [3.8, 4) is 62.9 Å². The Bertz CT molecular complexity index is 1990. The van der Waals surface area contributed by atoms with Gasteiger partial charge in [0, 0.05) is 29.8 Å². The molecule has 0 amide bonds. The van der Waals surface area contributed by atoms with Crippen molar-refractivity contribution in [1.82, 2.24) is 0 Å². The fourth-order valence-electron chi connectivity index (χ4n) is 5.78. The van der Waals surface area contributed by atoms with Crippen LogP contribution in [0.15, 0.2) is 57.7 Å². The lowest BCUT2D eigenvalue weighted by Crippen LogP contribution is -2.62. The van der Waals surface area contributed by atoms with E-state index in [1.807, 2.05) is 0 Å². The van der Waals surface area contributed by atoms with Gasteiger partial charge in [0.25, 0.3) is 12.4 Å². The molecule has 0 radical (unpaired) electrons. The molecule has 1 aliphatic carbocycles. The van der Waals surface area contributed by atoms with Crippen molar-refractivity contribution in [3.63, 3.8) is 0 Å². The van der Waals surface area contributed by atoms with E-state index in [0.717, 1.165) is 36.4 Å². The lowest BCUT2D eigenvalue weighted by molar-refractivity contribution is -0.317. The first-order chi connectivity index (χ1) is 25.0. The van der Waals surface area contributed by atoms with Gasteiger partial charge in [-0.2, -0.15) is 0 Å². The van der Waals surface area contributed by atoms with Crippen LogP contribution in [0.2, 0.25) is 0 Å². The van der Waals surface area contributed by atoms with Crippen LogP contribution >= 0.6 is 0 Å². The second-order valence-electron chi connectivity index (χ2n) is 12.4. The predicted molar refractivity (Wildman–Crippen MR) is 174 cm³/mol. The van der Waals surface area contributed by atoms with Gasteiger partial charge in [-0.25, -0.2) is 0 Å². The van der Waals surface area contributed by atoms with E-state index in [0.29, 0.717) is 0 Å². The highest BCUT2D eigenvalue weighted by atomic mass is 16.7. The number of phenols is 6. The lowest BCUT2D eigenvalue weighted by Gasteiger charge is -2.41. The zero-order chi connectivity index (χ0) is 38.5. The maximum absolute atomic E-state index is 12.2. The van der Waals surface area contributed by atoms with Gasteiger partial charge in [0.05, 0.1) is 18.3 Å². The van der Waals surface area contributed by atoms with Crippen LogP contribution in [-0.2, 0) is 18.9 Å².